The van der Waals surface area contributed by atoms with Crippen LogP contribution in [0.4, 0.5) is 0 Å². The molecular formula is C14H23N3O2. The van der Waals surface area contributed by atoms with Crippen LogP contribution in [0.3, 0.4) is 0 Å². The summed E-state index contributed by atoms with van der Waals surface area (Å²) in [6.45, 7) is 0. The molecule has 1 aromatic heterocycles. The fourth-order valence-electron chi connectivity index (χ4n) is 2.72. The summed E-state index contributed by atoms with van der Waals surface area (Å²) in [4.78, 5) is 16.1. The Kier molecular flexibility index (Phi) is 4.96. The normalized spacial score (nSPS) is 18.8. The lowest BCUT2D eigenvalue weighted by Crippen LogP contribution is -2.38. The van der Waals surface area contributed by atoms with E-state index in [1.165, 1.54) is 32.8 Å². The standard InChI is InChI=1S/C14H23N3O2/c1-17-10-15-9-12(17)13(14(18)19-2)16-11-7-5-3-4-6-8-11/h9-11,13,16H,3-8H2,1-2H3. The van der Waals surface area contributed by atoms with Gasteiger partial charge in [0.25, 0.3) is 0 Å². The van der Waals surface area contributed by atoms with E-state index in [0.29, 0.717) is 6.04 Å². The molecule has 1 saturated carbocycles. The highest BCUT2D eigenvalue weighted by Crippen LogP contribution is 2.21. The molecule has 106 valence electrons. The highest BCUT2D eigenvalue weighted by molar-refractivity contribution is 5.77. The second kappa shape index (κ2) is 6.70. The molecule has 0 radical (unpaired) electrons. The summed E-state index contributed by atoms with van der Waals surface area (Å²) < 4.78 is 6.79. The number of imidazole rings is 1. The Hall–Kier alpha value is -1.36. The van der Waals surface area contributed by atoms with Gasteiger partial charge in [-0.15, -0.1) is 0 Å². The minimum Gasteiger partial charge on any atom is -0.468 e. The van der Waals surface area contributed by atoms with E-state index in [9.17, 15) is 4.79 Å². The first-order valence-corrected chi connectivity index (χ1v) is 7.02. The van der Waals surface area contributed by atoms with Crippen molar-refractivity contribution in [3.63, 3.8) is 0 Å². The first-order valence-electron chi connectivity index (χ1n) is 7.02. The molecule has 1 unspecified atom stereocenters. The predicted molar refractivity (Wildman–Crippen MR) is 72.6 cm³/mol. The van der Waals surface area contributed by atoms with Crippen molar-refractivity contribution in [3.8, 4) is 0 Å². The number of methoxy groups -OCH3 is 1. The molecule has 1 aliphatic carbocycles. The molecule has 2 rings (SSSR count). The molecule has 0 spiro atoms. The van der Waals surface area contributed by atoms with Crippen molar-refractivity contribution in [2.75, 3.05) is 7.11 Å². The van der Waals surface area contributed by atoms with Crippen molar-refractivity contribution in [2.45, 2.75) is 50.6 Å². The third kappa shape index (κ3) is 3.56. The molecule has 1 fully saturated rings. The van der Waals surface area contributed by atoms with Gasteiger partial charge < -0.3 is 9.30 Å². The van der Waals surface area contributed by atoms with Gasteiger partial charge in [-0.25, -0.2) is 9.78 Å². The molecule has 1 atom stereocenters. The Labute approximate surface area is 114 Å². The SMILES string of the molecule is COC(=O)C(NC1CCCCCC1)c1cncn1C. The van der Waals surface area contributed by atoms with Crippen LogP contribution in [-0.4, -0.2) is 28.7 Å². The molecule has 1 heterocycles. The molecule has 0 amide bonds. The molecule has 1 aliphatic rings. The average Bonchev–Trinajstić information content (AvgIpc) is 2.68. The fourth-order valence-corrected chi connectivity index (χ4v) is 2.72. The van der Waals surface area contributed by atoms with E-state index in [2.05, 4.69) is 10.3 Å². The lowest BCUT2D eigenvalue weighted by atomic mass is 10.1. The van der Waals surface area contributed by atoms with Crippen molar-refractivity contribution in [3.05, 3.63) is 18.2 Å². The molecule has 0 bridgehead atoms. The topological polar surface area (TPSA) is 56.1 Å². The number of nitrogens with one attached hydrogen (secondary N) is 1. The average molecular weight is 265 g/mol. The van der Waals surface area contributed by atoms with Gasteiger partial charge in [0.15, 0.2) is 0 Å². The van der Waals surface area contributed by atoms with Gasteiger partial charge >= 0.3 is 5.97 Å². The highest BCUT2D eigenvalue weighted by Gasteiger charge is 2.27. The minimum absolute atomic E-state index is 0.243. The number of aryl methyl sites for hydroxylation is 1. The maximum Gasteiger partial charge on any atom is 0.329 e. The zero-order valence-corrected chi connectivity index (χ0v) is 11.8. The summed E-state index contributed by atoms with van der Waals surface area (Å²) in [5.74, 6) is -0.243. The summed E-state index contributed by atoms with van der Waals surface area (Å²) in [6, 6.07) is -0.0258. The Morgan fingerprint density at radius 2 is 2.11 bits per heavy atom. The number of carbonyl (C=O) groups excluding carboxylic acids is 1. The molecule has 0 saturated heterocycles. The number of aromatic nitrogens is 2. The summed E-state index contributed by atoms with van der Waals surface area (Å²) in [5, 5.41) is 3.45. The van der Waals surface area contributed by atoms with Crippen molar-refractivity contribution >= 4 is 5.97 Å². The summed E-state index contributed by atoms with van der Waals surface area (Å²) in [6.07, 6.45) is 10.8. The van der Waals surface area contributed by atoms with E-state index < -0.39 is 6.04 Å². The van der Waals surface area contributed by atoms with Gasteiger partial charge in [-0.1, -0.05) is 25.7 Å². The second-order valence-electron chi connectivity index (χ2n) is 5.24. The molecular weight excluding hydrogens is 242 g/mol. The van der Waals surface area contributed by atoms with Crippen molar-refractivity contribution < 1.29 is 9.53 Å². The fraction of sp³-hybridized carbons (Fsp3) is 0.714. The Morgan fingerprint density at radius 3 is 2.63 bits per heavy atom. The van der Waals surface area contributed by atoms with E-state index >= 15 is 0 Å². The molecule has 0 aromatic carbocycles. The Morgan fingerprint density at radius 1 is 1.42 bits per heavy atom. The van der Waals surface area contributed by atoms with Gasteiger partial charge in [-0.2, -0.15) is 0 Å². The number of carbonyl (C=O) groups is 1. The number of ether oxygens (including phenoxy) is 1. The van der Waals surface area contributed by atoms with E-state index in [1.807, 2.05) is 11.6 Å². The zero-order valence-electron chi connectivity index (χ0n) is 11.8. The Balaban J connectivity index is 2.09. The molecule has 1 aromatic rings. The van der Waals surface area contributed by atoms with Crippen LogP contribution in [0.1, 0.15) is 50.3 Å². The zero-order chi connectivity index (χ0) is 13.7. The first kappa shape index (κ1) is 14.1. The summed E-state index contributed by atoms with van der Waals surface area (Å²) >= 11 is 0. The number of nitrogens with zero attached hydrogens (tertiary/aromatic N) is 2. The van der Waals surface area contributed by atoms with Crippen molar-refractivity contribution in [1.82, 2.24) is 14.9 Å². The molecule has 1 N–H and O–H groups in total. The lowest BCUT2D eigenvalue weighted by molar-refractivity contribution is -0.143. The summed E-state index contributed by atoms with van der Waals surface area (Å²) in [5.41, 5.74) is 0.857. The maximum atomic E-state index is 12.0. The Bertz CT molecular complexity index is 409. The van der Waals surface area contributed by atoms with E-state index in [-0.39, 0.29) is 5.97 Å². The number of hydrogen-bond donors (Lipinski definition) is 1. The number of esters is 1. The second-order valence-corrected chi connectivity index (χ2v) is 5.24. The van der Waals surface area contributed by atoms with Crippen molar-refractivity contribution in [1.29, 1.82) is 0 Å². The largest absolute Gasteiger partial charge is 0.468 e. The quantitative estimate of drug-likeness (QED) is 0.668. The first-order chi connectivity index (χ1) is 9.22. The monoisotopic (exact) mass is 265 g/mol. The molecule has 5 heteroatoms. The van der Waals surface area contributed by atoms with Gasteiger partial charge in [0, 0.05) is 13.1 Å². The van der Waals surface area contributed by atoms with Crippen LogP contribution in [-0.2, 0) is 16.6 Å². The van der Waals surface area contributed by atoms with Crippen LogP contribution in [0.5, 0.6) is 0 Å². The number of hydrogen-bond acceptors (Lipinski definition) is 4. The van der Waals surface area contributed by atoms with Gasteiger partial charge in [0.2, 0.25) is 0 Å². The smallest absolute Gasteiger partial charge is 0.329 e. The van der Waals surface area contributed by atoms with Crippen LogP contribution in [0, 0.1) is 0 Å². The molecule has 0 aliphatic heterocycles. The maximum absolute atomic E-state index is 12.0. The highest BCUT2D eigenvalue weighted by atomic mass is 16.5. The van der Waals surface area contributed by atoms with Crippen LogP contribution >= 0.6 is 0 Å². The summed E-state index contributed by atoms with van der Waals surface area (Å²) in [7, 11) is 3.33. The molecule has 19 heavy (non-hydrogen) atoms. The van der Waals surface area contributed by atoms with Crippen LogP contribution in [0.15, 0.2) is 12.5 Å². The van der Waals surface area contributed by atoms with E-state index in [0.717, 1.165) is 18.5 Å². The number of rotatable bonds is 4. The van der Waals surface area contributed by atoms with Crippen LogP contribution in [0.2, 0.25) is 0 Å². The van der Waals surface area contributed by atoms with Gasteiger partial charge in [0.1, 0.15) is 6.04 Å². The van der Waals surface area contributed by atoms with E-state index in [1.54, 1.807) is 12.5 Å². The third-order valence-electron chi connectivity index (χ3n) is 3.84. The molecule has 5 nitrogen and oxygen atoms in total. The van der Waals surface area contributed by atoms with Gasteiger partial charge in [-0.3, -0.25) is 5.32 Å². The van der Waals surface area contributed by atoms with Crippen LogP contribution < -0.4 is 5.32 Å². The van der Waals surface area contributed by atoms with E-state index in [4.69, 9.17) is 4.74 Å². The predicted octanol–water partition coefficient (Wildman–Crippen LogP) is 1.95. The van der Waals surface area contributed by atoms with Crippen LogP contribution in [0.25, 0.3) is 0 Å². The minimum atomic E-state index is -0.416. The van der Waals surface area contributed by atoms with Crippen molar-refractivity contribution in [2.24, 2.45) is 7.05 Å². The van der Waals surface area contributed by atoms with Gasteiger partial charge in [-0.05, 0) is 12.8 Å². The van der Waals surface area contributed by atoms with Gasteiger partial charge in [0.05, 0.1) is 25.3 Å². The lowest BCUT2D eigenvalue weighted by Gasteiger charge is -2.23. The third-order valence-corrected chi connectivity index (χ3v) is 3.84.